The second-order valence-corrected chi connectivity index (χ2v) is 9.91. The molecule has 0 aromatic heterocycles. The molecule has 0 radical (unpaired) electrons. The van der Waals surface area contributed by atoms with Crippen molar-refractivity contribution in [3.8, 4) is 0 Å². The minimum atomic E-state index is -3.42. The molecule has 5 nitrogen and oxygen atoms in total. The van der Waals surface area contributed by atoms with Crippen molar-refractivity contribution >= 4 is 15.9 Å². The van der Waals surface area contributed by atoms with E-state index in [2.05, 4.69) is 30.8 Å². The summed E-state index contributed by atoms with van der Waals surface area (Å²) in [6.07, 6.45) is 1.85. The molecule has 1 aromatic carbocycles. The molecule has 0 atom stereocenters. The van der Waals surface area contributed by atoms with Gasteiger partial charge in [-0.25, -0.2) is 13.1 Å². The van der Waals surface area contributed by atoms with Gasteiger partial charge < -0.3 is 5.32 Å². The molecule has 0 fully saturated rings. The first-order chi connectivity index (χ1) is 10.8. The number of benzene rings is 1. The quantitative estimate of drug-likeness (QED) is 0.790. The van der Waals surface area contributed by atoms with E-state index in [9.17, 15) is 13.2 Å². The number of hydrogen-bond acceptors (Lipinski definition) is 3. The molecule has 0 aliphatic carbocycles. The molecule has 0 heterocycles. The van der Waals surface area contributed by atoms with Gasteiger partial charge in [-0.2, -0.15) is 0 Å². The van der Waals surface area contributed by atoms with E-state index in [1.54, 1.807) is 24.3 Å². The minimum Gasteiger partial charge on any atom is -0.351 e. The summed E-state index contributed by atoms with van der Waals surface area (Å²) in [5.74, 6) is 0.0103. The van der Waals surface area contributed by atoms with Crippen molar-refractivity contribution in [2.45, 2.75) is 64.3 Å². The highest BCUT2D eigenvalue weighted by atomic mass is 32.2. The first-order valence-electron chi connectivity index (χ1n) is 8.18. The predicted octanol–water partition coefficient (Wildman–Crippen LogP) is 2.86. The van der Waals surface area contributed by atoms with Gasteiger partial charge in [0.1, 0.15) is 0 Å². The van der Waals surface area contributed by atoms with Crippen LogP contribution < -0.4 is 10.0 Å². The molecule has 0 unspecified atom stereocenters. The monoisotopic (exact) mass is 354 g/mol. The van der Waals surface area contributed by atoms with Gasteiger partial charge in [-0.05, 0) is 56.8 Å². The van der Waals surface area contributed by atoms with Crippen LogP contribution in [0, 0.1) is 5.41 Å². The van der Waals surface area contributed by atoms with Crippen molar-refractivity contribution in [1.29, 1.82) is 0 Å². The van der Waals surface area contributed by atoms with Gasteiger partial charge in [0.15, 0.2) is 0 Å². The van der Waals surface area contributed by atoms with Crippen LogP contribution in [0.3, 0.4) is 0 Å². The predicted molar refractivity (Wildman–Crippen MR) is 97.3 cm³/mol. The van der Waals surface area contributed by atoms with Gasteiger partial charge in [0.2, 0.25) is 15.9 Å². The highest BCUT2D eigenvalue weighted by molar-refractivity contribution is 7.89. The zero-order valence-corrected chi connectivity index (χ0v) is 16.4. The number of amides is 1. The van der Waals surface area contributed by atoms with Crippen molar-refractivity contribution in [3.05, 3.63) is 29.8 Å². The third-order valence-electron chi connectivity index (χ3n) is 3.59. The Balaban J connectivity index is 2.59. The number of hydrogen-bond donors (Lipinski definition) is 2. The lowest BCUT2D eigenvalue weighted by atomic mass is 9.81. The summed E-state index contributed by atoms with van der Waals surface area (Å²) < 4.78 is 25.6. The maximum atomic E-state index is 12.2. The molecule has 2 N–H and O–H groups in total. The fraction of sp³-hybridized carbons (Fsp3) is 0.611. The fourth-order valence-corrected chi connectivity index (χ4v) is 3.75. The van der Waals surface area contributed by atoms with Crippen LogP contribution in [0.2, 0.25) is 0 Å². The lowest BCUT2D eigenvalue weighted by Gasteiger charge is -2.33. The van der Waals surface area contributed by atoms with Crippen LogP contribution in [0.5, 0.6) is 0 Å². The largest absolute Gasteiger partial charge is 0.351 e. The van der Waals surface area contributed by atoms with Crippen LogP contribution in [-0.4, -0.2) is 26.9 Å². The van der Waals surface area contributed by atoms with Gasteiger partial charge in [0.05, 0.1) is 4.90 Å². The molecule has 1 rings (SSSR count). The van der Waals surface area contributed by atoms with E-state index in [4.69, 9.17) is 0 Å². The molecule has 0 saturated heterocycles. The summed E-state index contributed by atoms with van der Waals surface area (Å²) in [4.78, 5) is 12.4. The third kappa shape index (κ3) is 7.01. The standard InChI is InChI=1S/C18H30N2O3S/c1-17(2,3)13-18(4,5)20-16(21)12-9-14-7-10-15(11-8-14)24(22,23)19-6/h7-8,10-11,19H,9,12-13H2,1-6H3,(H,20,21). The van der Waals surface area contributed by atoms with E-state index in [0.717, 1.165) is 12.0 Å². The van der Waals surface area contributed by atoms with E-state index >= 15 is 0 Å². The van der Waals surface area contributed by atoms with Crippen molar-refractivity contribution in [1.82, 2.24) is 10.0 Å². The molecule has 6 heteroatoms. The Morgan fingerprint density at radius 3 is 2.04 bits per heavy atom. The molecular weight excluding hydrogens is 324 g/mol. The van der Waals surface area contributed by atoms with Crippen LogP contribution in [0.4, 0.5) is 0 Å². The van der Waals surface area contributed by atoms with E-state index in [1.165, 1.54) is 7.05 Å². The summed E-state index contributed by atoms with van der Waals surface area (Å²) in [6, 6.07) is 6.61. The maximum Gasteiger partial charge on any atom is 0.240 e. The Labute approximate surface area is 146 Å². The molecule has 0 bridgehead atoms. The average Bonchev–Trinajstić information content (AvgIpc) is 2.42. The Kier molecular flexibility index (Phi) is 6.59. The van der Waals surface area contributed by atoms with Gasteiger partial charge in [-0.1, -0.05) is 32.9 Å². The summed E-state index contributed by atoms with van der Waals surface area (Å²) >= 11 is 0. The number of carbonyl (C=O) groups is 1. The van der Waals surface area contributed by atoms with Gasteiger partial charge >= 0.3 is 0 Å². The highest BCUT2D eigenvalue weighted by Crippen LogP contribution is 2.26. The van der Waals surface area contributed by atoms with Crippen LogP contribution in [0.15, 0.2) is 29.2 Å². The number of carbonyl (C=O) groups excluding carboxylic acids is 1. The number of aryl methyl sites for hydroxylation is 1. The van der Waals surface area contributed by atoms with Crippen molar-refractivity contribution in [2.24, 2.45) is 5.41 Å². The van der Waals surface area contributed by atoms with E-state index in [-0.39, 0.29) is 21.8 Å². The van der Waals surface area contributed by atoms with Crippen LogP contribution in [0.25, 0.3) is 0 Å². The van der Waals surface area contributed by atoms with Gasteiger partial charge in [-0.3, -0.25) is 4.79 Å². The number of rotatable bonds is 7. The molecule has 1 amide bonds. The molecule has 0 spiro atoms. The fourth-order valence-electron chi connectivity index (χ4n) is 3.02. The van der Waals surface area contributed by atoms with Gasteiger partial charge in [0.25, 0.3) is 0 Å². The Morgan fingerprint density at radius 1 is 1.04 bits per heavy atom. The van der Waals surface area contributed by atoms with E-state index in [1.807, 2.05) is 13.8 Å². The lowest BCUT2D eigenvalue weighted by Crippen LogP contribution is -2.45. The molecule has 0 aliphatic heterocycles. The topological polar surface area (TPSA) is 75.3 Å². The Bertz CT molecular complexity index is 656. The molecular formula is C18H30N2O3S. The summed E-state index contributed by atoms with van der Waals surface area (Å²) in [6.45, 7) is 10.5. The van der Waals surface area contributed by atoms with Crippen LogP contribution >= 0.6 is 0 Å². The Hall–Kier alpha value is -1.40. The summed E-state index contributed by atoms with van der Waals surface area (Å²) in [7, 11) is -2.04. The highest BCUT2D eigenvalue weighted by Gasteiger charge is 2.26. The first kappa shape index (κ1) is 20.6. The van der Waals surface area contributed by atoms with E-state index < -0.39 is 10.0 Å². The van der Waals surface area contributed by atoms with Crippen LogP contribution in [-0.2, 0) is 21.2 Å². The summed E-state index contributed by atoms with van der Waals surface area (Å²) in [5.41, 5.74) is 0.833. The van der Waals surface area contributed by atoms with Gasteiger partial charge in [0, 0.05) is 12.0 Å². The van der Waals surface area contributed by atoms with Gasteiger partial charge in [-0.15, -0.1) is 0 Å². The molecule has 136 valence electrons. The van der Waals surface area contributed by atoms with Crippen molar-refractivity contribution < 1.29 is 13.2 Å². The van der Waals surface area contributed by atoms with Crippen molar-refractivity contribution in [2.75, 3.05) is 7.05 Å². The second kappa shape index (κ2) is 7.66. The summed E-state index contributed by atoms with van der Waals surface area (Å²) in [5, 5.41) is 3.08. The minimum absolute atomic E-state index is 0.0103. The second-order valence-electron chi connectivity index (χ2n) is 8.02. The number of sulfonamides is 1. The van der Waals surface area contributed by atoms with E-state index in [0.29, 0.717) is 12.8 Å². The third-order valence-corrected chi connectivity index (χ3v) is 5.02. The molecule has 0 saturated carbocycles. The van der Waals surface area contributed by atoms with Crippen molar-refractivity contribution in [3.63, 3.8) is 0 Å². The first-order valence-corrected chi connectivity index (χ1v) is 9.66. The lowest BCUT2D eigenvalue weighted by molar-refractivity contribution is -0.122. The Morgan fingerprint density at radius 2 is 1.58 bits per heavy atom. The molecule has 0 aliphatic rings. The number of nitrogens with one attached hydrogen (secondary N) is 2. The maximum absolute atomic E-state index is 12.2. The normalized spacial score (nSPS) is 12.9. The zero-order chi connectivity index (χ0) is 18.6. The smallest absolute Gasteiger partial charge is 0.240 e. The van der Waals surface area contributed by atoms with Crippen LogP contribution in [0.1, 0.15) is 53.0 Å². The SMILES string of the molecule is CNS(=O)(=O)c1ccc(CCC(=O)NC(C)(C)CC(C)(C)C)cc1. The molecule has 24 heavy (non-hydrogen) atoms. The average molecular weight is 355 g/mol. The zero-order valence-electron chi connectivity index (χ0n) is 15.6. The molecule has 1 aromatic rings.